The minimum Gasteiger partial charge on any atom is -0.378 e. The second-order valence-corrected chi connectivity index (χ2v) is 7.98. The van der Waals surface area contributed by atoms with E-state index in [1.165, 1.54) is 17.2 Å². The smallest absolute Gasteiger partial charge is 0.276 e. The fourth-order valence-corrected chi connectivity index (χ4v) is 3.87. The number of halogens is 1. The largest absolute Gasteiger partial charge is 0.378 e. The van der Waals surface area contributed by atoms with Crippen molar-refractivity contribution in [3.63, 3.8) is 0 Å². The zero-order chi connectivity index (χ0) is 22.7. The Morgan fingerprint density at radius 3 is 2.84 bits per heavy atom. The molecule has 2 aromatic carbocycles. The monoisotopic (exact) mass is 452 g/mol. The number of aromatic nitrogens is 4. The highest BCUT2D eigenvalue weighted by atomic mass is 35.5. The molecule has 0 bridgehead atoms. The molecule has 32 heavy (non-hydrogen) atoms. The molecule has 1 N–H and O–H groups in total. The molecular weight excluding hydrogens is 432 g/mol. The minimum absolute atomic E-state index is 0.157. The Bertz CT molecular complexity index is 1160. The quantitative estimate of drug-likeness (QED) is 0.589. The number of Topliss-reactive ketones (excluding diaryl/α,β-unsaturated/α-hetero) is 1. The molecule has 164 valence electrons. The van der Waals surface area contributed by atoms with Crippen LogP contribution in [-0.2, 0) is 16.0 Å². The summed E-state index contributed by atoms with van der Waals surface area (Å²) < 4.78 is 1.50. The number of rotatable bonds is 7. The second-order valence-electron chi connectivity index (χ2n) is 7.54. The molecule has 0 aliphatic carbocycles. The fourth-order valence-electron chi connectivity index (χ4n) is 3.68. The highest BCUT2D eigenvalue weighted by Crippen LogP contribution is 2.24. The van der Waals surface area contributed by atoms with Gasteiger partial charge in [0.25, 0.3) is 5.91 Å². The van der Waals surface area contributed by atoms with Gasteiger partial charge in [0.15, 0.2) is 11.9 Å². The number of aliphatic hydroxyl groups excluding tert-OH is 1. The third-order valence-electron chi connectivity index (χ3n) is 5.30. The third kappa shape index (κ3) is 4.58. The van der Waals surface area contributed by atoms with Gasteiger partial charge in [-0.3, -0.25) is 9.59 Å². The molecule has 3 aromatic rings. The van der Waals surface area contributed by atoms with E-state index in [-0.39, 0.29) is 12.2 Å². The maximum Gasteiger partial charge on any atom is 0.276 e. The Balaban J connectivity index is 1.46. The average molecular weight is 453 g/mol. The lowest BCUT2D eigenvalue weighted by molar-refractivity contribution is -0.146. The van der Waals surface area contributed by atoms with Gasteiger partial charge in [0.05, 0.1) is 5.69 Å². The van der Waals surface area contributed by atoms with Crippen molar-refractivity contribution in [3.8, 4) is 5.69 Å². The van der Waals surface area contributed by atoms with E-state index in [0.717, 1.165) is 21.8 Å². The van der Waals surface area contributed by atoms with Gasteiger partial charge in [-0.05, 0) is 53.1 Å². The van der Waals surface area contributed by atoms with Crippen molar-refractivity contribution in [2.24, 2.45) is 5.10 Å². The summed E-state index contributed by atoms with van der Waals surface area (Å²) >= 11 is 6.14. The topological polar surface area (TPSA) is 114 Å². The zero-order valence-electron chi connectivity index (χ0n) is 17.3. The molecular formula is C22H21ClN6O3. The van der Waals surface area contributed by atoms with Crippen LogP contribution in [0, 0.1) is 6.92 Å². The molecule has 1 aliphatic rings. The zero-order valence-corrected chi connectivity index (χ0v) is 18.1. The van der Waals surface area contributed by atoms with E-state index in [9.17, 15) is 14.7 Å². The third-order valence-corrected chi connectivity index (χ3v) is 5.53. The average Bonchev–Trinajstić information content (AvgIpc) is 3.49. The highest BCUT2D eigenvalue weighted by molar-refractivity contribution is 6.30. The molecule has 1 amide bonds. The van der Waals surface area contributed by atoms with Gasteiger partial charge in [0.2, 0.25) is 0 Å². The molecule has 0 radical (unpaired) electrons. The van der Waals surface area contributed by atoms with Crippen LogP contribution in [0.25, 0.3) is 5.69 Å². The number of nitrogens with zero attached hydrogens (tertiary/aromatic N) is 6. The predicted molar refractivity (Wildman–Crippen MR) is 117 cm³/mol. The summed E-state index contributed by atoms with van der Waals surface area (Å²) in [5, 5.41) is 27.4. The van der Waals surface area contributed by atoms with Crippen molar-refractivity contribution in [1.29, 1.82) is 0 Å². The van der Waals surface area contributed by atoms with Crippen LogP contribution in [0.2, 0.25) is 5.02 Å². The fraction of sp³-hybridized carbons (Fsp3) is 0.273. The number of hydrogen-bond donors (Lipinski definition) is 1. The van der Waals surface area contributed by atoms with E-state index in [1.54, 1.807) is 36.4 Å². The van der Waals surface area contributed by atoms with Crippen molar-refractivity contribution in [3.05, 3.63) is 70.5 Å². The molecule has 9 nitrogen and oxygen atoms in total. The minimum atomic E-state index is -1.39. The van der Waals surface area contributed by atoms with Gasteiger partial charge < -0.3 is 5.11 Å². The van der Waals surface area contributed by atoms with E-state index in [2.05, 4.69) is 20.6 Å². The summed E-state index contributed by atoms with van der Waals surface area (Å²) in [6, 6.07) is 11.6. The van der Waals surface area contributed by atoms with Gasteiger partial charge in [-0.25, -0.2) is 9.69 Å². The van der Waals surface area contributed by atoms with Crippen LogP contribution in [-0.4, -0.2) is 54.3 Å². The van der Waals surface area contributed by atoms with Crippen LogP contribution in [0.15, 0.2) is 53.9 Å². The molecule has 0 saturated heterocycles. The van der Waals surface area contributed by atoms with E-state index < -0.39 is 18.1 Å². The van der Waals surface area contributed by atoms with Crippen molar-refractivity contribution in [2.45, 2.75) is 38.3 Å². The Kier molecular flexibility index (Phi) is 6.38. The molecule has 0 unspecified atom stereocenters. The Morgan fingerprint density at radius 1 is 1.25 bits per heavy atom. The van der Waals surface area contributed by atoms with E-state index in [1.807, 2.05) is 13.0 Å². The highest BCUT2D eigenvalue weighted by Gasteiger charge is 2.35. The predicted octanol–water partition coefficient (Wildman–Crippen LogP) is 2.45. The van der Waals surface area contributed by atoms with E-state index >= 15 is 0 Å². The van der Waals surface area contributed by atoms with Crippen LogP contribution >= 0.6 is 11.6 Å². The Morgan fingerprint density at radius 2 is 2.09 bits per heavy atom. The van der Waals surface area contributed by atoms with Crippen LogP contribution in [0.5, 0.6) is 0 Å². The van der Waals surface area contributed by atoms with Crippen molar-refractivity contribution in [2.75, 3.05) is 0 Å². The number of tetrazole rings is 1. The number of benzene rings is 2. The summed E-state index contributed by atoms with van der Waals surface area (Å²) in [7, 11) is 0. The van der Waals surface area contributed by atoms with Gasteiger partial charge in [-0.15, -0.1) is 5.10 Å². The molecule has 10 heteroatoms. The number of aryl methyl sites for hydroxylation is 2. The summed E-state index contributed by atoms with van der Waals surface area (Å²) in [5.74, 6) is -0.783. The molecule has 0 fully saturated rings. The van der Waals surface area contributed by atoms with Gasteiger partial charge >= 0.3 is 0 Å². The SMILES string of the molecule is Cc1cccc([C@@H](O)C(=O)N2N=CC[C@H]2C(=O)CCc2cc(Cl)ccc2-n2cnnn2)c1. The van der Waals surface area contributed by atoms with Crippen LogP contribution in [0.4, 0.5) is 0 Å². The van der Waals surface area contributed by atoms with Crippen LogP contribution in [0.3, 0.4) is 0 Å². The first kappa shape index (κ1) is 21.8. The molecule has 0 spiro atoms. The first-order valence-electron chi connectivity index (χ1n) is 10.1. The van der Waals surface area contributed by atoms with Crippen molar-refractivity contribution in [1.82, 2.24) is 25.2 Å². The lowest BCUT2D eigenvalue weighted by Gasteiger charge is -2.23. The summed E-state index contributed by atoms with van der Waals surface area (Å²) in [5.41, 5.74) is 2.91. The number of carbonyl (C=O) groups is 2. The lowest BCUT2D eigenvalue weighted by Crippen LogP contribution is -2.41. The number of ketones is 1. The normalized spacial score (nSPS) is 16.3. The van der Waals surface area contributed by atoms with Gasteiger partial charge in [-0.1, -0.05) is 41.4 Å². The maximum absolute atomic E-state index is 13.0. The van der Waals surface area contributed by atoms with Crippen molar-refractivity contribution >= 4 is 29.5 Å². The number of hydrazone groups is 1. The molecule has 1 aliphatic heterocycles. The molecule has 0 saturated carbocycles. The van der Waals surface area contributed by atoms with E-state index in [0.29, 0.717) is 23.4 Å². The second kappa shape index (κ2) is 9.37. The molecule has 2 atom stereocenters. The molecule has 4 rings (SSSR count). The van der Waals surface area contributed by atoms with Crippen LogP contribution < -0.4 is 0 Å². The van der Waals surface area contributed by atoms with E-state index in [4.69, 9.17) is 11.6 Å². The summed E-state index contributed by atoms with van der Waals surface area (Å²) in [4.78, 5) is 25.9. The number of amides is 1. The lowest BCUT2D eigenvalue weighted by atomic mass is 9.99. The molecule has 1 aromatic heterocycles. The number of carbonyl (C=O) groups excluding carboxylic acids is 2. The first-order valence-corrected chi connectivity index (χ1v) is 10.5. The van der Waals surface area contributed by atoms with Gasteiger partial charge in [-0.2, -0.15) is 5.10 Å². The van der Waals surface area contributed by atoms with Gasteiger partial charge in [0.1, 0.15) is 12.4 Å². The van der Waals surface area contributed by atoms with Crippen LogP contribution in [0.1, 0.15) is 35.6 Å². The number of hydrogen-bond acceptors (Lipinski definition) is 7. The summed E-state index contributed by atoms with van der Waals surface area (Å²) in [6.07, 6.45) is 2.45. The summed E-state index contributed by atoms with van der Waals surface area (Å²) in [6.45, 7) is 1.88. The van der Waals surface area contributed by atoms with Crippen molar-refractivity contribution < 1.29 is 14.7 Å². The number of aliphatic hydroxyl groups is 1. The Hall–Kier alpha value is -3.43. The maximum atomic E-state index is 13.0. The first-order chi connectivity index (χ1) is 15.4. The standard InChI is InChI=1S/C22H21ClN6O3/c1-14-3-2-4-16(11-14)21(31)22(32)29-19(9-10-25-29)20(30)8-5-15-12-17(23)6-7-18(15)28-13-24-26-27-28/h2-4,6-7,10-13,19,21,31H,5,8-9H2,1H3/t19-,21+/m0/s1. The molecule has 2 heterocycles. The Labute approximate surface area is 189 Å². The van der Waals surface area contributed by atoms with Gasteiger partial charge in [0, 0.05) is 24.1 Å².